The Hall–Kier alpha value is -1.06. The number of rotatable bonds is 6. The second-order valence-corrected chi connectivity index (χ2v) is 3.92. The van der Waals surface area contributed by atoms with E-state index in [2.05, 4.69) is 0 Å². The van der Waals surface area contributed by atoms with Crippen LogP contribution < -0.4 is 10.5 Å². The fourth-order valence-corrected chi connectivity index (χ4v) is 1.54. The van der Waals surface area contributed by atoms with Gasteiger partial charge in [-0.1, -0.05) is 19.1 Å². The summed E-state index contributed by atoms with van der Waals surface area (Å²) in [7, 11) is 0. The smallest absolute Gasteiger partial charge is 0.119 e. The molecule has 0 amide bonds. The maximum absolute atomic E-state index is 9.92. The highest BCUT2D eigenvalue weighted by Gasteiger charge is 2.11. The zero-order valence-electron chi connectivity index (χ0n) is 10.0. The van der Waals surface area contributed by atoms with Crippen LogP contribution in [-0.4, -0.2) is 17.8 Å². The third kappa shape index (κ3) is 3.83. The molecule has 90 valence electrons. The molecule has 0 aliphatic rings. The lowest BCUT2D eigenvalue weighted by molar-refractivity contribution is 0.157. The Labute approximate surface area is 97.2 Å². The van der Waals surface area contributed by atoms with Crippen LogP contribution in [-0.2, 0) is 0 Å². The van der Waals surface area contributed by atoms with E-state index >= 15 is 0 Å². The van der Waals surface area contributed by atoms with Crippen LogP contribution in [0.3, 0.4) is 0 Å². The number of benzene rings is 1. The van der Waals surface area contributed by atoms with Crippen LogP contribution in [0.25, 0.3) is 0 Å². The number of hydrogen-bond acceptors (Lipinski definition) is 3. The Kier molecular flexibility index (Phi) is 5.29. The average Bonchev–Trinajstić information content (AvgIpc) is 2.30. The van der Waals surface area contributed by atoms with E-state index in [1.165, 1.54) is 0 Å². The van der Waals surface area contributed by atoms with Gasteiger partial charge in [-0.25, -0.2) is 0 Å². The fourth-order valence-electron chi connectivity index (χ4n) is 1.54. The summed E-state index contributed by atoms with van der Waals surface area (Å²) in [5, 5.41) is 9.92. The molecule has 0 aromatic heterocycles. The molecule has 0 bridgehead atoms. The van der Waals surface area contributed by atoms with E-state index in [4.69, 9.17) is 10.5 Å². The van der Waals surface area contributed by atoms with Crippen molar-refractivity contribution in [2.75, 3.05) is 6.61 Å². The third-order valence-electron chi connectivity index (χ3n) is 2.63. The molecule has 3 N–H and O–H groups in total. The summed E-state index contributed by atoms with van der Waals surface area (Å²) in [5.41, 5.74) is 6.70. The van der Waals surface area contributed by atoms with Gasteiger partial charge in [0, 0.05) is 6.04 Å². The van der Waals surface area contributed by atoms with Crippen molar-refractivity contribution >= 4 is 0 Å². The van der Waals surface area contributed by atoms with Crippen molar-refractivity contribution < 1.29 is 9.84 Å². The van der Waals surface area contributed by atoms with E-state index in [0.29, 0.717) is 13.0 Å². The van der Waals surface area contributed by atoms with Gasteiger partial charge in [-0.05, 0) is 37.5 Å². The first-order chi connectivity index (χ1) is 7.67. The van der Waals surface area contributed by atoms with E-state index in [1.54, 1.807) is 0 Å². The van der Waals surface area contributed by atoms with Crippen LogP contribution in [0.4, 0.5) is 0 Å². The summed E-state index contributed by atoms with van der Waals surface area (Å²) < 4.78 is 5.34. The Bertz CT molecular complexity index is 297. The average molecular weight is 223 g/mol. The minimum atomic E-state index is -0.481. The fraction of sp³-hybridized carbons (Fsp3) is 0.538. The van der Waals surface area contributed by atoms with E-state index in [1.807, 2.05) is 38.1 Å². The van der Waals surface area contributed by atoms with E-state index < -0.39 is 6.10 Å². The number of nitrogens with two attached hydrogens (primary N) is 1. The second kappa shape index (κ2) is 6.51. The van der Waals surface area contributed by atoms with Gasteiger partial charge in [0.2, 0.25) is 0 Å². The molecule has 0 saturated carbocycles. The van der Waals surface area contributed by atoms with Crippen LogP contribution in [0, 0.1) is 0 Å². The SMILES string of the molecule is CCOc1ccc(C(O)CC(N)CC)cc1. The molecule has 16 heavy (non-hydrogen) atoms. The molecule has 1 aromatic carbocycles. The molecule has 0 saturated heterocycles. The van der Waals surface area contributed by atoms with Gasteiger partial charge >= 0.3 is 0 Å². The maximum Gasteiger partial charge on any atom is 0.119 e. The van der Waals surface area contributed by atoms with Crippen molar-refractivity contribution in [3.63, 3.8) is 0 Å². The van der Waals surface area contributed by atoms with Gasteiger partial charge < -0.3 is 15.6 Å². The van der Waals surface area contributed by atoms with Crippen molar-refractivity contribution in [1.29, 1.82) is 0 Å². The largest absolute Gasteiger partial charge is 0.494 e. The normalized spacial score (nSPS) is 14.5. The molecule has 3 nitrogen and oxygen atoms in total. The molecule has 0 aliphatic carbocycles. The summed E-state index contributed by atoms with van der Waals surface area (Å²) in [6.45, 7) is 4.63. The molecule has 1 aromatic rings. The predicted octanol–water partition coefficient (Wildman–Crippen LogP) is 2.25. The van der Waals surface area contributed by atoms with Gasteiger partial charge in [-0.3, -0.25) is 0 Å². The van der Waals surface area contributed by atoms with Crippen LogP contribution in [0.1, 0.15) is 38.4 Å². The molecular formula is C13H21NO2. The second-order valence-electron chi connectivity index (χ2n) is 3.92. The lowest BCUT2D eigenvalue weighted by atomic mass is 10.0. The summed E-state index contributed by atoms with van der Waals surface area (Å²) >= 11 is 0. The first kappa shape index (κ1) is 13.0. The molecule has 2 unspecified atom stereocenters. The number of aliphatic hydroxyl groups is 1. The lowest BCUT2D eigenvalue weighted by Gasteiger charge is -2.15. The minimum Gasteiger partial charge on any atom is -0.494 e. The Balaban J connectivity index is 2.59. The quantitative estimate of drug-likeness (QED) is 0.777. The highest BCUT2D eigenvalue weighted by Crippen LogP contribution is 2.21. The Morgan fingerprint density at radius 2 is 1.88 bits per heavy atom. The molecule has 0 spiro atoms. The van der Waals surface area contributed by atoms with Crippen LogP contribution in [0.5, 0.6) is 5.75 Å². The first-order valence-corrected chi connectivity index (χ1v) is 5.83. The van der Waals surface area contributed by atoms with Crippen molar-refractivity contribution in [2.45, 2.75) is 38.8 Å². The lowest BCUT2D eigenvalue weighted by Crippen LogP contribution is -2.21. The molecule has 2 atom stereocenters. The number of hydrogen-bond donors (Lipinski definition) is 2. The van der Waals surface area contributed by atoms with Gasteiger partial charge in [-0.15, -0.1) is 0 Å². The summed E-state index contributed by atoms with van der Waals surface area (Å²) in [6.07, 6.45) is 1.00. The summed E-state index contributed by atoms with van der Waals surface area (Å²) in [4.78, 5) is 0. The van der Waals surface area contributed by atoms with Gasteiger partial charge in [0.05, 0.1) is 12.7 Å². The molecule has 0 aliphatic heterocycles. The molecule has 0 fully saturated rings. The molecule has 0 radical (unpaired) electrons. The van der Waals surface area contributed by atoms with Crippen LogP contribution in [0.15, 0.2) is 24.3 Å². The molecular weight excluding hydrogens is 202 g/mol. The summed E-state index contributed by atoms with van der Waals surface area (Å²) in [6, 6.07) is 7.58. The summed E-state index contributed by atoms with van der Waals surface area (Å²) in [5.74, 6) is 0.832. The maximum atomic E-state index is 9.92. The predicted molar refractivity (Wildman–Crippen MR) is 65.5 cm³/mol. The van der Waals surface area contributed by atoms with Gasteiger partial charge in [0.15, 0.2) is 0 Å². The van der Waals surface area contributed by atoms with Gasteiger partial charge in [-0.2, -0.15) is 0 Å². The Morgan fingerprint density at radius 3 is 2.38 bits per heavy atom. The molecule has 3 heteroatoms. The van der Waals surface area contributed by atoms with Crippen LogP contribution in [0.2, 0.25) is 0 Å². The Morgan fingerprint density at radius 1 is 1.25 bits per heavy atom. The van der Waals surface area contributed by atoms with E-state index in [9.17, 15) is 5.11 Å². The monoisotopic (exact) mass is 223 g/mol. The van der Waals surface area contributed by atoms with Crippen molar-refractivity contribution in [2.24, 2.45) is 5.73 Å². The highest BCUT2D eigenvalue weighted by molar-refractivity contribution is 5.28. The third-order valence-corrected chi connectivity index (χ3v) is 2.63. The zero-order valence-corrected chi connectivity index (χ0v) is 10.0. The van der Waals surface area contributed by atoms with Crippen molar-refractivity contribution in [3.8, 4) is 5.75 Å². The van der Waals surface area contributed by atoms with Gasteiger partial charge in [0.1, 0.15) is 5.75 Å². The molecule has 0 heterocycles. The topological polar surface area (TPSA) is 55.5 Å². The van der Waals surface area contributed by atoms with E-state index in [-0.39, 0.29) is 6.04 Å². The van der Waals surface area contributed by atoms with E-state index in [0.717, 1.165) is 17.7 Å². The number of aliphatic hydroxyl groups excluding tert-OH is 1. The number of ether oxygens (including phenoxy) is 1. The first-order valence-electron chi connectivity index (χ1n) is 5.83. The highest BCUT2D eigenvalue weighted by atomic mass is 16.5. The van der Waals surface area contributed by atoms with Crippen molar-refractivity contribution in [3.05, 3.63) is 29.8 Å². The zero-order chi connectivity index (χ0) is 12.0. The minimum absolute atomic E-state index is 0.0570. The van der Waals surface area contributed by atoms with Gasteiger partial charge in [0.25, 0.3) is 0 Å². The van der Waals surface area contributed by atoms with Crippen LogP contribution >= 0.6 is 0 Å². The molecule has 1 rings (SSSR count). The standard InChI is InChI=1S/C13H21NO2/c1-3-11(14)9-13(15)10-5-7-12(8-6-10)16-4-2/h5-8,11,13,15H,3-4,9,14H2,1-2H3. The van der Waals surface area contributed by atoms with Crippen molar-refractivity contribution in [1.82, 2.24) is 0 Å².